The Morgan fingerprint density at radius 3 is 2.48 bits per heavy atom. The number of nitrogens with zero attached hydrogens (tertiary/aromatic N) is 1. The highest BCUT2D eigenvalue weighted by molar-refractivity contribution is 9.11. The van der Waals surface area contributed by atoms with Crippen molar-refractivity contribution in [3.8, 4) is 11.8 Å². The van der Waals surface area contributed by atoms with Crippen molar-refractivity contribution in [3.63, 3.8) is 0 Å². The van der Waals surface area contributed by atoms with Gasteiger partial charge in [-0.1, -0.05) is 12.1 Å². The average Bonchev–Trinajstić information content (AvgIpc) is 2.52. The molecule has 0 aliphatic rings. The number of benzene rings is 2. The van der Waals surface area contributed by atoms with Crippen molar-refractivity contribution in [2.45, 2.75) is 19.4 Å². The largest absolute Gasteiger partial charge is 0.487 e. The first kappa shape index (κ1) is 17.5. The van der Waals surface area contributed by atoms with E-state index in [4.69, 9.17) is 15.1 Å². The highest BCUT2D eigenvalue weighted by atomic mass is 79.9. The predicted octanol–water partition coefficient (Wildman–Crippen LogP) is 4.68. The molecule has 0 fully saturated rings. The molecular formula is C17H13Br2NO3. The number of aryl methyl sites for hydroxylation is 1. The van der Waals surface area contributed by atoms with Crippen LogP contribution in [0.2, 0.25) is 0 Å². The van der Waals surface area contributed by atoms with Crippen LogP contribution in [0, 0.1) is 11.3 Å². The Bertz CT molecular complexity index is 746. The van der Waals surface area contributed by atoms with Crippen LogP contribution in [0.4, 0.5) is 0 Å². The van der Waals surface area contributed by atoms with E-state index in [2.05, 4.69) is 37.9 Å². The van der Waals surface area contributed by atoms with Gasteiger partial charge in [0, 0.05) is 6.42 Å². The molecule has 2 rings (SSSR count). The van der Waals surface area contributed by atoms with Crippen molar-refractivity contribution in [2.75, 3.05) is 0 Å². The van der Waals surface area contributed by atoms with Crippen LogP contribution >= 0.6 is 31.9 Å². The second-order valence-electron chi connectivity index (χ2n) is 4.88. The summed E-state index contributed by atoms with van der Waals surface area (Å²) in [6.45, 7) is 0.335. The highest BCUT2D eigenvalue weighted by Gasteiger charge is 2.10. The Hall–Kier alpha value is -1.84. The Morgan fingerprint density at radius 2 is 1.87 bits per heavy atom. The van der Waals surface area contributed by atoms with Crippen LogP contribution in [-0.2, 0) is 17.8 Å². The van der Waals surface area contributed by atoms with Gasteiger partial charge >= 0.3 is 5.97 Å². The molecule has 0 atom stereocenters. The maximum atomic E-state index is 10.7. The third-order valence-electron chi connectivity index (χ3n) is 3.12. The van der Waals surface area contributed by atoms with Crippen LogP contribution in [0.5, 0.6) is 5.75 Å². The minimum absolute atomic E-state index is 0.0834. The Labute approximate surface area is 151 Å². The molecule has 0 unspecified atom stereocenters. The van der Waals surface area contributed by atoms with E-state index in [-0.39, 0.29) is 6.42 Å². The number of carboxylic acid groups (broad SMARTS) is 1. The minimum Gasteiger partial charge on any atom is -0.487 e. The van der Waals surface area contributed by atoms with Crippen LogP contribution < -0.4 is 4.74 Å². The molecule has 1 N–H and O–H groups in total. The Kier molecular flexibility index (Phi) is 6.20. The summed E-state index contributed by atoms with van der Waals surface area (Å²) < 4.78 is 7.32. The number of carboxylic acids is 1. The Morgan fingerprint density at radius 1 is 1.17 bits per heavy atom. The summed E-state index contributed by atoms with van der Waals surface area (Å²) in [5, 5.41) is 17.7. The zero-order valence-corrected chi connectivity index (χ0v) is 15.2. The van der Waals surface area contributed by atoms with E-state index in [9.17, 15) is 4.79 Å². The first-order valence-electron chi connectivity index (χ1n) is 6.81. The molecule has 2 aromatic rings. The van der Waals surface area contributed by atoms with Crippen molar-refractivity contribution in [1.29, 1.82) is 5.26 Å². The van der Waals surface area contributed by atoms with Gasteiger partial charge in [0.2, 0.25) is 0 Å². The molecule has 0 saturated heterocycles. The van der Waals surface area contributed by atoms with E-state index in [1.165, 1.54) is 0 Å². The Balaban J connectivity index is 2.10. The third-order valence-corrected chi connectivity index (χ3v) is 4.30. The van der Waals surface area contributed by atoms with Crippen LogP contribution in [0.15, 0.2) is 45.3 Å². The van der Waals surface area contributed by atoms with Gasteiger partial charge in [-0.25, -0.2) is 0 Å². The molecule has 0 aromatic heterocycles. The van der Waals surface area contributed by atoms with Crippen LogP contribution in [0.25, 0.3) is 0 Å². The molecular weight excluding hydrogens is 426 g/mol. The maximum Gasteiger partial charge on any atom is 0.303 e. The second kappa shape index (κ2) is 8.14. The molecule has 0 spiro atoms. The number of hydrogen-bond donors (Lipinski definition) is 1. The van der Waals surface area contributed by atoms with Gasteiger partial charge in [0.1, 0.15) is 12.4 Å². The molecule has 0 aliphatic heterocycles. The number of ether oxygens (including phenoxy) is 1. The van der Waals surface area contributed by atoms with Crippen molar-refractivity contribution < 1.29 is 14.6 Å². The van der Waals surface area contributed by atoms with E-state index >= 15 is 0 Å². The molecule has 2 aromatic carbocycles. The number of nitriles is 1. The molecule has 0 bridgehead atoms. The summed E-state index contributed by atoms with van der Waals surface area (Å²) >= 11 is 6.90. The maximum absolute atomic E-state index is 10.7. The van der Waals surface area contributed by atoms with E-state index in [0.717, 1.165) is 20.1 Å². The number of rotatable bonds is 6. The fraction of sp³-hybridized carbons (Fsp3) is 0.176. The smallest absolute Gasteiger partial charge is 0.303 e. The zero-order valence-electron chi connectivity index (χ0n) is 12.1. The fourth-order valence-corrected chi connectivity index (χ4v) is 3.54. The third kappa shape index (κ3) is 5.08. The summed E-state index contributed by atoms with van der Waals surface area (Å²) in [6.07, 6.45) is 0.539. The van der Waals surface area contributed by atoms with E-state index in [1.54, 1.807) is 12.1 Å². The minimum atomic E-state index is -0.824. The number of aliphatic carboxylic acids is 1. The summed E-state index contributed by atoms with van der Waals surface area (Å²) in [7, 11) is 0. The molecule has 118 valence electrons. The first-order chi connectivity index (χ1) is 11.0. The van der Waals surface area contributed by atoms with Crippen LogP contribution in [-0.4, -0.2) is 11.1 Å². The highest BCUT2D eigenvalue weighted by Crippen LogP contribution is 2.35. The van der Waals surface area contributed by atoms with E-state index in [0.29, 0.717) is 24.3 Å². The van der Waals surface area contributed by atoms with Crippen molar-refractivity contribution in [3.05, 3.63) is 62.0 Å². The van der Waals surface area contributed by atoms with Gasteiger partial charge in [0.05, 0.1) is 20.6 Å². The lowest BCUT2D eigenvalue weighted by atomic mass is 10.1. The summed E-state index contributed by atoms with van der Waals surface area (Å²) in [6, 6.07) is 13.0. The quantitative estimate of drug-likeness (QED) is 0.710. The van der Waals surface area contributed by atoms with E-state index < -0.39 is 5.97 Å². The molecule has 23 heavy (non-hydrogen) atoms. The summed E-state index contributed by atoms with van der Waals surface area (Å²) in [5.74, 6) is -0.179. The fourth-order valence-electron chi connectivity index (χ4n) is 2.03. The molecule has 0 radical (unpaired) electrons. The van der Waals surface area contributed by atoms with Gasteiger partial charge in [-0.15, -0.1) is 0 Å². The van der Waals surface area contributed by atoms with E-state index in [1.807, 2.05) is 24.3 Å². The van der Waals surface area contributed by atoms with Gasteiger partial charge in [-0.05, 0) is 73.7 Å². The molecule has 0 aliphatic carbocycles. The lowest BCUT2D eigenvalue weighted by Gasteiger charge is -2.12. The molecule has 6 heteroatoms. The summed E-state index contributed by atoms with van der Waals surface area (Å²) in [5.41, 5.74) is 2.40. The number of carbonyl (C=O) groups is 1. The lowest BCUT2D eigenvalue weighted by molar-refractivity contribution is -0.136. The van der Waals surface area contributed by atoms with Crippen LogP contribution in [0.3, 0.4) is 0 Å². The average molecular weight is 439 g/mol. The number of halogens is 2. The van der Waals surface area contributed by atoms with Gasteiger partial charge in [0.15, 0.2) is 0 Å². The standard InChI is InChI=1S/C17H13Br2NO3/c18-14-7-11(4-5-16(21)22)8-15(19)17(14)23-10-13-3-1-2-12(6-13)9-20/h1-3,6-8H,4-5,10H2,(H,21,22). The van der Waals surface area contributed by atoms with Gasteiger partial charge < -0.3 is 9.84 Å². The van der Waals surface area contributed by atoms with Crippen molar-refractivity contribution in [1.82, 2.24) is 0 Å². The summed E-state index contributed by atoms with van der Waals surface area (Å²) in [4.78, 5) is 10.7. The lowest BCUT2D eigenvalue weighted by Crippen LogP contribution is -2.00. The SMILES string of the molecule is N#Cc1cccc(COc2c(Br)cc(CCC(=O)O)cc2Br)c1. The topological polar surface area (TPSA) is 70.3 Å². The van der Waals surface area contributed by atoms with Crippen molar-refractivity contribution in [2.24, 2.45) is 0 Å². The number of hydrogen-bond acceptors (Lipinski definition) is 3. The molecule has 0 saturated carbocycles. The van der Waals surface area contributed by atoms with Gasteiger partial charge in [-0.3, -0.25) is 4.79 Å². The monoisotopic (exact) mass is 437 g/mol. The van der Waals surface area contributed by atoms with Gasteiger partial charge in [0.25, 0.3) is 0 Å². The second-order valence-corrected chi connectivity index (χ2v) is 6.59. The first-order valence-corrected chi connectivity index (χ1v) is 8.39. The van der Waals surface area contributed by atoms with Gasteiger partial charge in [-0.2, -0.15) is 5.26 Å². The van der Waals surface area contributed by atoms with Crippen LogP contribution in [0.1, 0.15) is 23.1 Å². The van der Waals surface area contributed by atoms with Crippen molar-refractivity contribution >= 4 is 37.8 Å². The predicted molar refractivity (Wildman–Crippen MR) is 93.3 cm³/mol. The molecule has 0 heterocycles. The normalized spacial score (nSPS) is 10.1. The molecule has 4 nitrogen and oxygen atoms in total. The zero-order chi connectivity index (χ0) is 16.8. The molecule has 0 amide bonds.